The van der Waals surface area contributed by atoms with Crippen molar-refractivity contribution in [3.63, 3.8) is 0 Å². The summed E-state index contributed by atoms with van der Waals surface area (Å²) >= 11 is 7.37. The number of alkyl halides is 2. The topological polar surface area (TPSA) is 30.3 Å². The van der Waals surface area contributed by atoms with Gasteiger partial charge in [0, 0.05) is 47.4 Å². The van der Waals surface area contributed by atoms with Gasteiger partial charge in [-0.2, -0.15) is 13.9 Å². The molecule has 0 radical (unpaired) electrons. The molecule has 1 spiro atoms. The van der Waals surface area contributed by atoms with E-state index in [1.165, 1.54) is 23.5 Å². The van der Waals surface area contributed by atoms with Crippen molar-refractivity contribution in [1.29, 1.82) is 0 Å². The van der Waals surface area contributed by atoms with Crippen LogP contribution >= 0.6 is 22.9 Å². The Morgan fingerprint density at radius 1 is 1.24 bits per heavy atom. The largest absolute Gasteiger partial charge is 0.363 e. The summed E-state index contributed by atoms with van der Waals surface area (Å²) in [5.74, 6) is -3.09. The predicted octanol–water partition coefficient (Wildman–Crippen LogP) is 8.96. The molecule has 222 valence electrons. The number of nitrogens with zero attached hydrogens (tertiary/aromatic N) is 3. The molecule has 2 aliphatic heterocycles. The van der Waals surface area contributed by atoms with Gasteiger partial charge in [0.1, 0.15) is 23.7 Å². The number of hydrogen-bond acceptors (Lipinski definition) is 4. The Balaban J connectivity index is 1.23. The molecule has 1 unspecified atom stereocenters. The normalized spacial score (nSPS) is 23.6. The number of para-hydroxylation sites is 1. The van der Waals surface area contributed by atoms with Gasteiger partial charge < -0.3 is 4.74 Å². The van der Waals surface area contributed by atoms with Crippen molar-refractivity contribution in [3.8, 4) is 5.69 Å². The molecule has 9 heteroatoms. The highest BCUT2D eigenvalue weighted by Crippen LogP contribution is 2.52. The van der Waals surface area contributed by atoms with Crippen molar-refractivity contribution in [2.45, 2.75) is 64.0 Å². The third kappa shape index (κ3) is 5.54. The minimum atomic E-state index is -3.02. The van der Waals surface area contributed by atoms with Crippen LogP contribution in [0.2, 0.25) is 4.34 Å². The minimum Gasteiger partial charge on any atom is -0.363 e. The molecule has 1 atom stereocenters. The lowest BCUT2D eigenvalue weighted by molar-refractivity contribution is -0.182. The van der Waals surface area contributed by atoms with Crippen LogP contribution in [-0.4, -0.2) is 34.4 Å². The molecule has 3 aromatic rings. The summed E-state index contributed by atoms with van der Waals surface area (Å²) in [6.45, 7) is 9.65. The number of thiophene rings is 1. The summed E-state index contributed by atoms with van der Waals surface area (Å²) in [6, 6.07) is 6.63. The van der Waals surface area contributed by atoms with Gasteiger partial charge in [0.25, 0.3) is 5.92 Å². The Labute approximate surface area is 254 Å². The molecular formula is C33H35ClF3N3OS. The summed E-state index contributed by atoms with van der Waals surface area (Å²) in [6.07, 6.45) is 12.2. The van der Waals surface area contributed by atoms with E-state index in [1.807, 2.05) is 19.2 Å². The third-order valence-corrected chi connectivity index (χ3v) is 10.3. The number of piperidine rings is 1. The van der Waals surface area contributed by atoms with Crippen LogP contribution in [-0.2, 0) is 22.8 Å². The fraction of sp³-hybridized carbons (Fsp3) is 0.424. The van der Waals surface area contributed by atoms with Gasteiger partial charge in [-0.3, -0.25) is 4.90 Å². The first-order chi connectivity index (χ1) is 20.1. The van der Waals surface area contributed by atoms with Crippen LogP contribution in [0.25, 0.3) is 11.3 Å². The number of hydrogen-bond donors (Lipinski definition) is 0. The Kier molecular flexibility index (Phi) is 8.02. The maximum absolute atomic E-state index is 15.5. The number of ether oxygens (including phenoxy) is 1. The Morgan fingerprint density at radius 3 is 2.81 bits per heavy atom. The molecule has 0 amide bonds. The lowest BCUT2D eigenvalue weighted by Crippen LogP contribution is -2.48. The summed E-state index contributed by atoms with van der Waals surface area (Å²) in [5, 5.41) is 4.77. The van der Waals surface area contributed by atoms with Crippen molar-refractivity contribution < 1.29 is 17.9 Å². The molecule has 2 aromatic heterocycles. The molecule has 0 N–H and O–H groups in total. The summed E-state index contributed by atoms with van der Waals surface area (Å²) in [7, 11) is 0. The number of aromatic nitrogens is 2. The molecule has 0 saturated carbocycles. The zero-order chi connectivity index (χ0) is 29.6. The van der Waals surface area contributed by atoms with E-state index in [2.05, 4.69) is 36.6 Å². The van der Waals surface area contributed by atoms with E-state index in [1.54, 1.807) is 10.7 Å². The second kappa shape index (κ2) is 11.5. The fourth-order valence-electron chi connectivity index (χ4n) is 6.41. The highest BCUT2D eigenvalue weighted by Gasteiger charge is 2.51. The first-order valence-electron chi connectivity index (χ1n) is 14.5. The minimum absolute atomic E-state index is 0.0138. The summed E-state index contributed by atoms with van der Waals surface area (Å²) < 4.78 is 52.5. The number of likely N-dealkylation sites (tertiary alicyclic amines) is 1. The summed E-state index contributed by atoms with van der Waals surface area (Å²) in [4.78, 5) is 2.85. The number of halogens is 4. The van der Waals surface area contributed by atoms with Gasteiger partial charge in [0.05, 0.1) is 10.0 Å². The Hall–Kier alpha value is -2.65. The summed E-state index contributed by atoms with van der Waals surface area (Å²) in [5.41, 5.74) is 4.57. The molecule has 1 aliphatic carbocycles. The van der Waals surface area contributed by atoms with Gasteiger partial charge in [-0.1, -0.05) is 61.0 Å². The highest BCUT2D eigenvalue weighted by atomic mass is 35.5. The number of aryl methyl sites for hydroxylation is 1. The average Bonchev–Trinajstić information content (AvgIpc) is 3.55. The maximum atomic E-state index is 15.5. The van der Waals surface area contributed by atoms with Gasteiger partial charge in [-0.25, -0.2) is 9.07 Å². The molecule has 4 nitrogen and oxygen atoms in total. The first kappa shape index (κ1) is 29.4. The van der Waals surface area contributed by atoms with Crippen LogP contribution in [0.3, 0.4) is 0 Å². The van der Waals surface area contributed by atoms with E-state index in [0.29, 0.717) is 53.8 Å². The molecule has 6 rings (SSSR count). The van der Waals surface area contributed by atoms with E-state index in [4.69, 9.17) is 21.4 Å². The third-order valence-electron chi connectivity index (χ3n) is 8.86. The predicted molar refractivity (Wildman–Crippen MR) is 163 cm³/mol. The van der Waals surface area contributed by atoms with Crippen LogP contribution in [0.1, 0.15) is 66.3 Å². The van der Waals surface area contributed by atoms with Crippen LogP contribution in [0.4, 0.5) is 13.2 Å². The smallest absolute Gasteiger partial charge is 0.297 e. The Morgan fingerprint density at radius 2 is 2.02 bits per heavy atom. The zero-order valence-corrected chi connectivity index (χ0v) is 25.5. The van der Waals surface area contributed by atoms with Crippen LogP contribution < -0.4 is 0 Å². The van der Waals surface area contributed by atoms with Gasteiger partial charge >= 0.3 is 0 Å². The molecule has 42 heavy (non-hydrogen) atoms. The molecule has 1 fully saturated rings. The van der Waals surface area contributed by atoms with Crippen LogP contribution in [0.5, 0.6) is 0 Å². The van der Waals surface area contributed by atoms with Crippen molar-refractivity contribution in [3.05, 3.63) is 98.3 Å². The van der Waals surface area contributed by atoms with E-state index in [-0.39, 0.29) is 17.3 Å². The molecular weight excluding hydrogens is 579 g/mol. The van der Waals surface area contributed by atoms with Crippen LogP contribution in [0.15, 0.2) is 60.8 Å². The van der Waals surface area contributed by atoms with E-state index in [9.17, 15) is 8.78 Å². The van der Waals surface area contributed by atoms with Crippen molar-refractivity contribution in [2.75, 3.05) is 19.7 Å². The van der Waals surface area contributed by atoms with Crippen molar-refractivity contribution in [2.24, 2.45) is 5.92 Å². The maximum Gasteiger partial charge on any atom is 0.297 e. The molecule has 1 saturated heterocycles. The van der Waals surface area contributed by atoms with E-state index < -0.39 is 18.1 Å². The van der Waals surface area contributed by atoms with Gasteiger partial charge in [-0.05, 0) is 62.7 Å². The number of rotatable bonds is 4. The second-order valence-corrected chi connectivity index (χ2v) is 13.5. The van der Waals surface area contributed by atoms with Gasteiger partial charge in [0.15, 0.2) is 0 Å². The van der Waals surface area contributed by atoms with E-state index >= 15 is 4.39 Å². The van der Waals surface area contributed by atoms with Crippen LogP contribution in [0, 0.1) is 18.7 Å². The average molecular weight is 614 g/mol. The highest BCUT2D eigenvalue weighted by molar-refractivity contribution is 7.16. The number of fused-ring (bicyclic) bond motifs is 2. The molecule has 0 bridgehead atoms. The lowest BCUT2D eigenvalue weighted by Gasteiger charge is -2.45. The quantitative estimate of drug-likeness (QED) is 0.294. The number of benzene rings is 1. The molecule has 4 heterocycles. The van der Waals surface area contributed by atoms with Crippen molar-refractivity contribution >= 4 is 28.5 Å². The number of allylic oxidation sites excluding steroid dienone is 5. The zero-order valence-electron chi connectivity index (χ0n) is 23.9. The molecule has 1 aromatic carbocycles. The second-order valence-electron chi connectivity index (χ2n) is 11.8. The van der Waals surface area contributed by atoms with Crippen molar-refractivity contribution in [1.82, 2.24) is 14.7 Å². The lowest BCUT2D eigenvalue weighted by atomic mass is 9.84. The van der Waals surface area contributed by atoms with E-state index in [0.717, 1.165) is 40.8 Å². The molecule has 3 aliphatic rings. The van der Waals surface area contributed by atoms with Gasteiger partial charge in [0.2, 0.25) is 0 Å². The SMILES string of the molecule is C=C1C=CCCC(C)/C(c2cccc(F)c2-n2cc(CN3CCC4(CC3)OCC(F)(F)c3cc(Cl)sc34)c(C)n2)=C/C1. The Bertz CT molecular complexity index is 1560. The monoisotopic (exact) mass is 613 g/mol. The van der Waals surface area contributed by atoms with Gasteiger partial charge in [-0.15, -0.1) is 11.3 Å². The standard InChI is InChI=1S/C33H35ClF3N3OS/c1-21-7-4-5-8-22(2)25(12-11-21)26-9-6-10-28(35)30(26)40-19-24(23(3)38-40)18-39-15-13-32(14-16-39)31-27(17-29(34)42-31)33(36,37)20-41-32/h4,6-7,9-10,12,17,19,22H,1,5,8,11,13-16,18,20H2,2-3H3/b7-4?,25-12-. The first-order valence-corrected chi connectivity index (χ1v) is 15.7. The fourth-order valence-corrected chi connectivity index (χ4v) is 7.89.